The van der Waals surface area contributed by atoms with E-state index in [0.717, 1.165) is 16.7 Å². The molecule has 0 unspecified atom stereocenters. The third kappa shape index (κ3) is 1.61. The predicted octanol–water partition coefficient (Wildman–Crippen LogP) is 1.62. The first kappa shape index (κ1) is 9.77. The number of rotatable bonds is 1. The van der Waals surface area contributed by atoms with E-state index in [1.54, 1.807) is 30.7 Å². The van der Waals surface area contributed by atoms with Crippen LogP contribution in [-0.4, -0.2) is 19.9 Å². The number of aryl methyl sites for hydroxylation is 1. The summed E-state index contributed by atoms with van der Waals surface area (Å²) in [6.07, 6.45) is 5.03. The van der Waals surface area contributed by atoms with Crippen LogP contribution in [0.25, 0.3) is 22.4 Å². The monoisotopic (exact) mass is 226 g/mol. The van der Waals surface area contributed by atoms with Crippen molar-refractivity contribution in [1.29, 1.82) is 0 Å². The van der Waals surface area contributed by atoms with E-state index in [1.165, 1.54) is 0 Å². The zero-order valence-electron chi connectivity index (χ0n) is 9.19. The van der Waals surface area contributed by atoms with Gasteiger partial charge in [0.15, 0.2) is 5.43 Å². The molecule has 3 heterocycles. The molecular weight excluding hydrogens is 216 g/mol. The first-order valence-electron chi connectivity index (χ1n) is 5.23. The SMILES string of the molecule is Cc1cc(=O)c(-c2nc3ccncc3[nH]2)c[nH]1. The van der Waals surface area contributed by atoms with Crippen molar-refractivity contribution in [2.45, 2.75) is 6.92 Å². The zero-order chi connectivity index (χ0) is 11.8. The van der Waals surface area contributed by atoms with Crippen molar-refractivity contribution >= 4 is 11.0 Å². The molecule has 5 heteroatoms. The minimum Gasteiger partial charge on any atom is -0.364 e. The second kappa shape index (κ2) is 3.55. The van der Waals surface area contributed by atoms with Crippen LogP contribution >= 0.6 is 0 Å². The van der Waals surface area contributed by atoms with Crippen LogP contribution in [0.1, 0.15) is 5.69 Å². The molecule has 3 aromatic heterocycles. The molecule has 0 saturated heterocycles. The Morgan fingerprint density at radius 3 is 3.00 bits per heavy atom. The summed E-state index contributed by atoms with van der Waals surface area (Å²) in [7, 11) is 0. The van der Waals surface area contributed by atoms with E-state index in [0.29, 0.717) is 11.4 Å². The van der Waals surface area contributed by atoms with Crippen LogP contribution in [0.4, 0.5) is 0 Å². The van der Waals surface area contributed by atoms with Gasteiger partial charge in [0.25, 0.3) is 0 Å². The Bertz CT molecular complexity index is 708. The fourth-order valence-corrected chi connectivity index (χ4v) is 1.74. The highest BCUT2D eigenvalue weighted by atomic mass is 16.1. The number of pyridine rings is 2. The molecule has 0 spiro atoms. The van der Waals surface area contributed by atoms with E-state index in [4.69, 9.17) is 0 Å². The molecule has 0 fully saturated rings. The van der Waals surface area contributed by atoms with Crippen molar-refractivity contribution in [1.82, 2.24) is 19.9 Å². The average Bonchev–Trinajstić information content (AvgIpc) is 2.72. The predicted molar refractivity (Wildman–Crippen MR) is 64.7 cm³/mol. The summed E-state index contributed by atoms with van der Waals surface area (Å²) in [5, 5.41) is 0. The van der Waals surface area contributed by atoms with Crippen LogP contribution < -0.4 is 5.43 Å². The molecular formula is C12H10N4O. The molecule has 0 amide bonds. The minimum atomic E-state index is -0.0479. The number of H-pyrrole nitrogens is 2. The summed E-state index contributed by atoms with van der Waals surface area (Å²) < 4.78 is 0. The molecule has 2 N–H and O–H groups in total. The average molecular weight is 226 g/mol. The van der Waals surface area contributed by atoms with Gasteiger partial charge in [-0.2, -0.15) is 0 Å². The number of aromatic nitrogens is 4. The number of nitrogens with zero attached hydrogens (tertiary/aromatic N) is 2. The molecule has 0 aliphatic rings. The summed E-state index contributed by atoms with van der Waals surface area (Å²) in [6.45, 7) is 1.84. The van der Waals surface area contributed by atoms with Gasteiger partial charge >= 0.3 is 0 Å². The Kier molecular flexibility index (Phi) is 2.04. The van der Waals surface area contributed by atoms with Crippen LogP contribution in [0, 0.1) is 6.92 Å². The van der Waals surface area contributed by atoms with E-state index >= 15 is 0 Å². The molecule has 0 aliphatic carbocycles. The summed E-state index contributed by atoms with van der Waals surface area (Å²) in [4.78, 5) is 26.3. The number of hydrogen-bond donors (Lipinski definition) is 2. The van der Waals surface area contributed by atoms with Gasteiger partial charge in [0, 0.05) is 24.2 Å². The van der Waals surface area contributed by atoms with Gasteiger partial charge in [0.2, 0.25) is 0 Å². The number of hydrogen-bond acceptors (Lipinski definition) is 3. The second-order valence-electron chi connectivity index (χ2n) is 3.87. The minimum absolute atomic E-state index is 0.0479. The normalized spacial score (nSPS) is 10.9. The van der Waals surface area contributed by atoms with Crippen molar-refractivity contribution < 1.29 is 0 Å². The van der Waals surface area contributed by atoms with E-state index in [-0.39, 0.29) is 5.43 Å². The summed E-state index contributed by atoms with van der Waals surface area (Å²) >= 11 is 0. The van der Waals surface area contributed by atoms with Crippen molar-refractivity contribution in [3.8, 4) is 11.4 Å². The first-order chi connectivity index (χ1) is 8.24. The lowest BCUT2D eigenvalue weighted by Crippen LogP contribution is -2.05. The van der Waals surface area contributed by atoms with Gasteiger partial charge in [0.05, 0.1) is 22.8 Å². The maximum Gasteiger partial charge on any atom is 0.192 e. The van der Waals surface area contributed by atoms with Gasteiger partial charge in [0.1, 0.15) is 5.82 Å². The molecule has 5 nitrogen and oxygen atoms in total. The Morgan fingerprint density at radius 1 is 1.35 bits per heavy atom. The highest BCUT2D eigenvalue weighted by molar-refractivity contribution is 5.78. The Hall–Kier alpha value is -2.43. The fourth-order valence-electron chi connectivity index (χ4n) is 1.74. The third-order valence-electron chi connectivity index (χ3n) is 2.60. The molecule has 3 aromatic rings. The van der Waals surface area contributed by atoms with Gasteiger partial charge in [-0.05, 0) is 13.0 Å². The molecule has 17 heavy (non-hydrogen) atoms. The number of aromatic amines is 2. The van der Waals surface area contributed by atoms with Crippen molar-refractivity contribution in [3.63, 3.8) is 0 Å². The van der Waals surface area contributed by atoms with Gasteiger partial charge in [-0.3, -0.25) is 9.78 Å². The first-order valence-corrected chi connectivity index (χ1v) is 5.23. The van der Waals surface area contributed by atoms with E-state index < -0.39 is 0 Å². The lowest BCUT2D eigenvalue weighted by Gasteiger charge is -1.96. The molecule has 0 aliphatic heterocycles. The van der Waals surface area contributed by atoms with Crippen LogP contribution in [-0.2, 0) is 0 Å². The highest BCUT2D eigenvalue weighted by Gasteiger charge is 2.08. The van der Waals surface area contributed by atoms with Crippen LogP contribution in [0.5, 0.6) is 0 Å². The summed E-state index contributed by atoms with van der Waals surface area (Å²) in [5.41, 5.74) is 2.94. The van der Waals surface area contributed by atoms with Crippen molar-refractivity contribution in [2.24, 2.45) is 0 Å². The molecule has 0 bridgehead atoms. The maximum absolute atomic E-state index is 11.8. The molecule has 3 rings (SSSR count). The lowest BCUT2D eigenvalue weighted by atomic mass is 10.2. The summed E-state index contributed by atoms with van der Waals surface area (Å²) in [5.74, 6) is 0.564. The standard InChI is InChI=1S/C12H10N4O/c1-7-4-11(17)8(5-14-7)12-15-9-2-3-13-6-10(9)16-12/h2-6H,1H3,(H,14,17)(H,15,16). The van der Waals surface area contributed by atoms with Crippen LogP contribution in [0.2, 0.25) is 0 Å². The van der Waals surface area contributed by atoms with Crippen LogP contribution in [0.15, 0.2) is 35.5 Å². The second-order valence-corrected chi connectivity index (χ2v) is 3.87. The zero-order valence-corrected chi connectivity index (χ0v) is 9.19. The lowest BCUT2D eigenvalue weighted by molar-refractivity contribution is 1.17. The van der Waals surface area contributed by atoms with Gasteiger partial charge in [-0.1, -0.05) is 0 Å². The molecule has 0 saturated carbocycles. The van der Waals surface area contributed by atoms with E-state index in [1.807, 2.05) is 6.92 Å². The Labute approximate surface area is 96.6 Å². The Morgan fingerprint density at radius 2 is 2.24 bits per heavy atom. The molecule has 0 atom stereocenters. The van der Waals surface area contributed by atoms with E-state index in [9.17, 15) is 4.79 Å². The largest absolute Gasteiger partial charge is 0.364 e. The topological polar surface area (TPSA) is 74.4 Å². The number of nitrogens with one attached hydrogen (secondary N) is 2. The molecule has 0 aromatic carbocycles. The van der Waals surface area contributed by atoms with Crippen molar-refractivity contribution in [3.05, 3.63) is 46.6 Å². The molecule has 0 radical (unpaired) electrons. The fraction of sp³-hybridized carbons (Fsp3) is 0.0833. The van der Waals surface area contributed by atoms with E-state index in [2.05, 4.69) is 19.9 Å². The number of imidazole rings is 1. The highest BCUT2D eigenvalue weighted by Crippen LogP contribution is 2.16. The molecule has 84 valence electrons. The number of fused-ring (bicyclic) bond motifs is 1. The Balaban J connectivity index is 2.24. The van der Waals surface area contributed by atoms with Gasteiger partial charge in [-0.25, -0.2) is 4.98 Å². The third-order valence-corrected chi connectivity index (χ3v) is 2.60. The van der Waals surface area contributed by atoms with Gasteiger partial charge in [-0.15, -0.1) is 0 Å². The quantitative estimate of drug-likeness (QED) is 0.662. The van der Waals surface area contributed by atoms with Gasteiger partial charge < -0.3 is 9.97 Å². The van der Waals surface area contributed by atoms with Crippen LogP contribution in [0.3, 0.4) is 0 Å². The summed E-state index contributed by atoms with van der Waals surface area (Å²) in [6, 6.07) is 3.36. The maximum atomic E-state index is 11.8. The smallest absolute Gasteiger partial charge is 0.192 e. The van der Waals surface area contributed by atoms with Crippen molar-refractivity contribution in [2.75, 3.05) is 0 Å².